The van der Waals surface area contributed by atoms with E-state index in [2.05, 4.69) is 13.0 Å². The van der Waals surface area contributed by atoms with Crippen molar-refractivity contribution in [2.45, 2.75) is 83.5 Å². The van der Waals surface area contributed by atoms with Gasteiger partial charge in [0.25, 0.3) is 0 Å². The van der Waals surface area contributed by atoms with Crippen LogP contribution in [-0.4, -0.2) is 33.6 Å². The van der Waals surface area contributed by atoms with Gasteiger partial charge < -0.3 is 15.3 Å². The normalized spacial score (nSPS) is 53.8. The number of hydrogen-bond acceptors (Lipinski definition) is 3. The molecule has 4 rings (SSSR count). The van der Waals surface area contributed by atoms with Crippen LogP contribution in [0, 0.1) is 28.6 Å². The van der Waals surface area contributed by atoms with Crippen molar-refractivity contribution < 1.29 is 15.3 Å². The van der Waals surface area contributed by atoms with Crippen molar-refractivity contribution in [2.24, 2.45) is 28.6 Å². The van der Waals surface area contributed by atoms with Crippen molar-refractivity contribution >= 4 is 0 Å². The van der Waals surface area contributed by atoms with E-state index in [9.17, 15) is 15.3 Å². The molecule has 4 unspecified atom stereocenters. The van der Waals surface area contributed by atoms with Gasteiger partial charge in [0, 0.05) is 5.41 Å². The highest BCUT2D eigenvalue weighted by atomic mass is 16.3. The van der Waals surface area contributed by atoms with E-state index in [-0.39, 0.29) is 29.1 Å². The van der Waals surface area contributed by atoms with Crippen LogP contribution < -0.4 is 0 Å². The molecule has 3 N–H and O–H groups in total. The molecule has 0 aromatic heterocycles. The molecule has 0 aliphatic heterocycles. The van der Waals surface area contributed by atoms with E-state index in [1.54, 1.807) is 0 Å². The van der Waals surface area contributed by atoms with Gasteiger partial charge in [0.2, 0.25) is 0 Å². The molecule has 3 heteroatoms. The highest BCUT2D eigenvalue weighted by Crippen LogP contribution is 2.65. The Balaban J connectivity index is 1.73. The Labute approximate surface area is 139 Å². The van der Waals surface area contributed by atoms with Crippen molar-refractivity contribution in [3.05, 3.63) is 11.6 Å². The first kappa shape index (κ1) is 16.1. The van der Waals surface area contributed by atoms with Crippen molar-refractivity contribution in [2.75, 3.05) is 0 Å². The lowest BCUT2D eigenvalue weighted by atomic mass is 9.46. The first-order valence-electron chi connectivity index (χ1n) is 9.63. The Morgan fingerprint density at radius 2 is 1.87 bits per heavy atom. The number of hydrogen-bond donors (Lipinski definition) is 3. The zero-order valence-corrected chi connectivity index (χ0v) is 14.5. The fourth-order valence-corrected chi connectivity index (χ4v) is 7.10. The van der Waals surface area contributed by atoms with Crippen LogP contribution in [0.5, 0.6) is 0 Å². The van der Waals surface area contributed by atoms with Crippen molar-refractivity contribution in [3.63, 3.8) is 0 Å². The van der Waals surface area contributed by atoms with Crippen LogP contribution >= 0.6 is 0 Å². The SMILES string of the molecule is CC(O)[C@]12CC[C@H](O)CC1=CCC1C2CC[C@@]2(C)C1CC[C@@H]2O. The summed E-state index contributed by atoms with van der Waals surface area (Å²) in [7, 11) is 0. The summed E-state index contributed by atoms with van der Waals surface area (Å²) in [6.07, 6.45) is 9.49. The molecule has 130 valence electrons. The summed E-state index contributed by atoms with van der Waals surface area (Å²) in [6, 6.07) is 0. The van der Waals surface area contributed by atoms with Crippen LogP contribution in [0.4, 0.5) is 0 Å². The molecular formula is C20H32O3. The van der Waals surface area contributed by atoms with Gasteiger partial charge in [-0.1, -0.05) is 18.6 Å². The Morgan fingerprint density at radius 3 is 2.61 bits per heavy atom. The second-order valence-corrected chi connectivity index (χ2v) is 9.09. The van der Waals surface area contributed by atoms with Crippen molar-refractivity contribution in [3.8, 4) is 0 Å². The third-order valence-corrected chi connectivity index (χ3v) is 8.38. The van der Waals surface area contributed by atoms with E-state index < -0.39 is 0 Å². The molecule has 23 heavy (non-hydrogen) atoms. The zero-order chi connectivity index (χ0) is 16.4. The smallest absolute Gasteiger partial charge is 0.0608 e. The number of allylic oxidation sites excluding steroid dienone is 1. The lowest BCUT2D eigenvalue weighted by Gasteiger charge is -2.59. The van der Waals surface area contributed by atoms with E-state index in [0.717, 1.165) is 51.4 Å². The third-order valence-electron chi connectivity index (χ3n) is 8.38. The van der Waals surface area contributed by atoms with Gasteiger partial charge in [0.15, 0.2) is 0 Å². The van der Waals surface area contributed by atoms with Gasteiger partial charge in [0.1, 0.15) is 0 Å². The third kappa shape index (κ3) is 2.06. The molecule has 4 aliphatic rings. The molecular weight excluding hydrogens is 288 g/mol. The molecule has 0 aromatic carbocycles. The van der Waals surface area contributed by atoms with Gasteiger partial charge >= 0.3 is 0 Å². The predicted octanol–water partition coefficient (Wildman–Crippen LogP) is 3.03. The Kier molecular flexibility index (Phi) is 3.72. The van der Waals surface area contributed by atoms with Crippen LogP contribution in [0.2, 0.25) is 0 Å². The maximum absolute atomic E-state index is 10.8. The Bertz CT molecular complexity index is 513. The topological polar surface area (TPSA) is 60.7 Å². The largest absolute Gasteiger partial charge is 0.393 e. The summed E-state index contributed by atoms with van der Waals surface area (Å²) >= 11 is 0. The van der Waals surface area contributed by atoms with E-state index in [0.29, 0.717) is 17.8 Å². The van der Waals surface area contributed by atoms with Gasteiger partial charge in [-0.05, 0) is 81.5 Å². The molecule has 3 nitrogen and oxygen atoms in total. The fourth-order valence-electron chi connectivity index (χ4n) is 7.10. The summed E-state index contributed by atoms with van der Waals surface area (Å²) in [5.74, 6) is 1.72. The van der Waals surface area contributed by atoms with Crippen molar-refractivity contribution in [1.82, 2.24) is 0 Å². The summed E-state index contributed by atoms with van der Waals surface area (Å²) in [6.45, 7) is 4.26. The average Bonchev–Trinajstić information content (AvgIpc) is 2.82. The van der Waals surface area contributed by atoms with Gasteiger partial charge in [-0.2, -0.15) is 0 Å². The monoisotopic (exact) mass is 320 g/mol. The second-order valence-electron chi connectivity index (χ2n) is 9.09. The van der Waals surface area contributed by atoms with Crippen LogP contribution in [0.1, 0.15) is 65.2 Å². The molecule has 8 atom stereocenters. The molecule has 4 aliphatic carbocycles. The number of rotatable bonds is 1. The summed E-state index contributed by atoms with van der Waals surface area (Å²) in [5, 5.41) is 31.4. The van der Waals surface area contributed by atoms with E-state index in [1.807, 2.05) is 6.92 Å². The molecule has 0 radical (unpaired) electrons. The highest BCUT2D eigenvalue weighted by molar-refractivity contribution is 5.28. The summed E-state index contributed by atoms with van der Waals surface area (Å²) < 4.78 is 0. The molecule has 0 amide bonds. The summed E-state index contributed by atoms with van der Waals surface area (Å²) in [5.41, 5.74) is 1.30. The zero-order valence-electron chi connectivity index (χ0n) is 14.5. The van der Waals surface area contributed by atoms with Crippen LogP contribution in [-0.2, 0) is 0 Å². The van der Waals surface area contributed by atoms with Gasteiger partial charge in [-0.15, -0.1) is 0 Å². The minimum Gasteiger partial charge on any atom is -0.393 e. The highest BCUT2D eigenvalue weighted by Gasteiger charge is 2.60. The van der Waals surface area contributed by atoms with Gasteiger partial charge in [-0.3, -0.25) is 0 Å². The van der Waals surface area contributed by atoms with E-state index in [1.165, 1.54) is 5.57 Å². The molecule has 0 bridgehead atoms. The van der Waals surface area contributed by atoms with Crippen molar-refractivity contribution in [1.29, 1.82) is 0 Å². The minimum atomic E-state index is -0.343. The van der Waals surface area contributed by atoms with E-state index >= 15 is 0 Å². The van der Waals surface area contributed by atoms with Gasteiger partial charge in [-0.25, -0.2) is 0 Å². The first-order valence-corrected chi connectivity index (χ1v) is 9.63. The number of aliphatic hydroxyl groups is 3. The lowest BCUT2D eigenvalue weighted by molar-refractivity contribution is -0.109. The maximum atomic E-state index is 10.8. The Morgan fingerprint density at radius 1 is 1.09 bits per heavy atom. The maximum Gasteiger partial charge on any atom is 0.0608 e. The first-order chi connectivity index (χ1) is 10.9. The minimum absolute atomic E-state index is 0.0839. The lowest BCUT2D eigenvalue weighted by Crippen LogP contribution is -2.55. The van der Waals surface area contributed by atoms with Crippen LogP contribution in [0.25, 0.3) is 0 Å². The van der Waals surface area contributed by atoms with Crippen LogP contribution in [0.3, 0.4) is 0 Å². The van der Waals surface area contributed by atoms with Gasteiger partial charge in [0.05, 0.1) is 18.3 Å². The average molecular weight is 320 g/mol. The standard InChI is InChI=1S/C20H32O3/c1-12(21)20-10-7-14(22)11-13(20)3-4-15-16-5-6-18(23)19(16,2)9-8-17(15)20/h3,12,14-18,21-23H,4-11H2,1-2H3/t12?,14-,15?,16?,17?,18-,19-,20+/m0/s1. The molecule has 3 fully saturated rings. The van der Waals surface area contributed by atoms with E-state index in [4.69, 9.17) is 0 Å². The predicted molar refractivity (Wildman–Crippen MR) is 89.7 cm³/mol. The van der Waals surface area contributed by atoms with Crippen LogP contribution in [0.15, 0.2) is 11.6 Å². The number of fused-ring (bicyclic) bond motifs is 5. The molecule has 0 spiro atoms. The molecule has 3 saturated carbocycles. The second kappa shape index (κ2) is 5.31. The molecule has 0 saturated heterocycles. The Hall–Kier alpha value is -0.380. The molecule has 0 aromatic rings. The summed E-state index contributed by atoms with van der Waals surface area (Å²) in [4.78, 5) is 0. The quantitative estimate of drug-likeness (QED) is 0.651. The fraction of sp³-hybridized carbons (Fsp3) is 0.900. The number of aliphatic hydroxyl groups excluding tert-OH is 3. The molecule has 0 heterocycles.